The molecule has 2 aromatic rings. The first-order valence-corrected chi connectivity index (χ1v) is 22.8. The first-order valence-electron chi connectivity index (χ1n) is 22.8. The number of aliphatic hydroxyl groups excluding tert-OH is 7. The van der Waals surface area contributed by atoms with Crippen molar-refractivity contribution in [2.24, 2.45) is 5.92 Å². The Balaban J connectivity index is 1.18. The van der Waals surface area contributed by atoms with Crippen LogP contribution in [0.15, 0.2) is 12.1 Å². The van der Waals surface area contributed by atoms with Gasteiger partial charge in [-0.1, -0.05) is 0 Å². The first-order chi connectivity index (χ1) is 31.4. The summed E-state index contributed by atoms with van der Waals surface area (Å²) in [5.41, 5.74) is -1.46. The highest BCUT2D eigenvalue weighted by Crippen LogP contribution is 2.47. The van der Waals surface area contributed by atoms with E-state index in [1.54, 1.807) is 27.7 Å². The van der Waals surface area contributed by atoms with Crippen LogP contribution in [0.25, 0.3) is 10.8 Å². The van der Waals surface area contributed by atoms with Crippen LogP contribution in [0.4, 0.5) is 0 Å². The lowest BCUT2D eigenvalue weighted by atomic mass is 9.75. The summed E-state index contributed by atoms with van der Waals surface area (Å²) in [4.78, 5) is 28.6. The SMILES string of the molecule is CO[C@H](C(=O)[C@@H](O)[C@@H](C)O)[C@@H]1Cc2cc3cc(O[C@H]4C[C@@H](O[C@H]5C[C@@H](O)[C@H](O)[C@@H](C)O5)[C@H](O)[C@@H](C)O4)c(C)c(O)c3c(O)c2C(=O)[C@H]1O[C@H]1C[C@@H](O[C@H]2C[C@](C)(O)[C@H](O)[C@@H](C)O2)[C@H](O)[C@@H](C)O1. The molecule has 21 nitrogen and oxygen atoms in total. The molecule has 21 atom stereocenters. The summed E-state index contributed by atoms with van der Waals surface area (Å²) in [5.74, 6) is -3.96. The Morgan fingerprint density at radius 1 is 0.776 bits per heavy atom. The smallest absolute Gasteiger partial charge is 0.202 e. The number of benzene rings is 2. The van der Waals surface area contributed by atoms with Gasteiger partial charge in [-0.3, -0.25) is 9.59 Å². The minimum Gasteiger partial charge on any atom is -0.507 e. The number of ketones is 2. The lowest BCUT2D eigenvalue weighted by Gasteiger charge is -2.45. The molecule has 0 amide bonds. The van der Waals surface area contributed by atoms with Crippen molar-refractivity contribution in [3.63, 3.8) is 0 Å². The predicted molar refractivity (Wildman–Crippen MR) is 229 cm³/mol. The van der Waals surface area contributed by atoms with Gasteiger partial charge in [-0.05, 0) is 78.0 Å². The summed E-state index contributed by atoms with van der Waals surface area (Å²) < 4.78 is 53.9. The van der Waals surface area contributed by atoms with Crippen molar-refractivity contribution < 1.29 is 103 Å². The molecule has 376 valence electrons. The van der Waals surface area contributed by atoms with Gasteiger partial charge < -0.3 is 93.7 Å². The van der Waals surface area contributed by atoms with Gasteiger partial charge in [-0.2, -0.15) is 0 Å². The van der Waals surface area contributed by atoms with Gasteiger partial charge in [-0.25, -0.2) is 0 Å². The lowest BCUT2D eigenvalue weighted by molar-refractivity contribution is -0.320. The van der Waals surface area contributed by atoms with E-state index in [9.17, 15) is 60.7 Å². The Morgan fingerprint density at radius 3 is 1.91 bits per heavy atom. The molecule has 10 N–H and O–H groups in total. The molecule has 0 spiro atoms. The second-order valence-electron chi connectivity index (χ2n) is 19.0. The first kappa shape index (κ1) is 51.6. The zero-order valence-electron chi connectivity index (χ0n) is 38.7. The molecule has 7 rings (SSSR count). The summed E-state index contributed by atoms with van der Waals surface area (Å²) in [7, 11) is 1.19. The molecular formula is C46H66O21. The van der Waals surface area contributed by atoms with Crippen LogP contribution in [0.5, 0.6) is 17.2 Å². The third-order valence-corrected chi connectivity index (χ3v) is 13.9. The maximum absolute atomic E-state index is 14.8. The van der Waals surface area contributed by atoms with Crippen molar-refractivity contribution in [2.45, 2.75) is 203 Å². The summed E-state index contributed by atoms with van der Waals surface area (Å²) in [6.07, 6.45) is -22.6. The monoisotopic (exact) mass is 954 g/mol. The van der Waals surface area contributed by atoms with Gasteiger partial charge in [0.2, 0.25) is 6.29 Å². The molecule has 67 heavy (non-hydrogen) atoms. The number of aromatic hydroxyl groups is 2. The highest BCUT2D eigenvalue weighted by Gasteiger charge is 2.51. The molecule has 0 unspecified atom stereocenters. The molecule has 4 saturated heterocycles. The largest absolute Gasteiger partial charge is 0.507 e. The zero-order valence-corrected chi connectivity index (χ0v) is 38.7. The van der Waals surface area contributed by atoms with E-state index < -0.39 is 151 Å². The molecular weight excluding hydrogens is 888 g/mol. The molecule has 5 aliphatic rings. The summed E-state index contributed by atoms with van der Waals surface area (Å²) in [6, 6.07) is 3.04. The number of hydrogen-bond donors (Lipinski definition) is 10. The highest BCUT2D eigenvalue weighted by molar-refractivity contribution is 6.11. The van der Waals surface area contributed by atoms with Crippen LogP contribution in [0.1, 0.15) is 88.7 Å². The normalized spacial score (nSPS) is 40.8. The van der Waals surface area contributed by atoms with Gasteiger partial charge in [0.15, 0.2) is 30.4 Å². The Morgan fingerprint density at radius 2 is 1.33 bits per heavy atom. The summed E-state index contributed by atoms with van der Waals surface area (Å²) in [6.45, 7) is 10.5. The molecule has 0 saturated carbocycles. The molecule has 21 heteroatoms. The van der Waals surface area contributed by atoms with Crippen LogP contribution in [-0.4, -0.2) is 192 Å². The van der Waals surface area contributed by atoms with E-state index in [-0.39, 0.29) is 65.3 Å². The van der Waals surface area contributed by atoms with E-state index in [1.165, 1.54) is 40.0 Å². The second-order valence-corrected chi connectivity index (χ2v) is 19.0. The molecule has 4 aliphatic heterocycles. The Labute approximate surface area is 387 Å². The standard InChI is InChI=1S/C46H66O21/c1-16-26(64-30-13-27(38(52)19(4)61-30)65-29-12-25(48)37(51)18(3)60-29)11-23-9-22-10-24(43(59-8)42(56)36(50)17(2)47)44(41(55)34(22)40(54)33(23)35(16)49)67-31-14-28(39(53)20(5)62-31)66-32-15-46(7,58)45(57)21(6)63-32/h9,11,17-21,24-25,27-32,36-39,43-45,47-54,57-58H,10,12-15H2,1-8H3/t17-,18-,19-,20-,21-,24+,25-,27-,28-,29+,30+,31+,32+,36+,37-,38-,39-,43+,44+,45-,46+/m1/s1. The average Bonchev–Trinajstić information content (AvgIpc) is 3.25. The van der Waals surface area contributed by atoms with Gasteiger partial charge in [0.1, 0.15) is 60.0 Å². The van der Waals surface area contributed by atoms with Crippen LogP contribution in [0.2, 0.25) is 0 Å². The average molecular weight is 955 g/mol. The lowest BCUT2D eigenvalue weighted by Crippen LogP contribution is -2.58. The summed E-state index contributed by atoms with van der Waals surface area (Å²) in [5, 5.41) is 108. The van der Waals surface area contributed by atoms with Crippen molar-refractivity contribution in [1.29, 1.82) is 0 Å². The van der Waals surface area contributed by atoms with E-state index in [4.69, 9.17) is 42.6 Å². The number of rotatable bonds is 13. The van der Waals surface area contributed by atoms with Crippen LogP contribution < -0.4 is 4.74 Å². The van der Waals surface area contributed by atoms with Gasteiger partial charge in [-0.15, -0.1) is 0 Å². The predicted octanol–water partition coefficient (Wildman–Crippen LogP) is -0.130. The number of hydrogen-bond acceptors (Lipinski definition) is 21. The number of phenols is 2. The van der Waals surface area contributed by atoms with E-state index in [1.807, 2.05) is 0 Å². The highest BCUT2D eigenvalue weighted by atomic mass is 16.7. The van der Waals surface area contributed by atoms with Gasteiger partial charge in [0, 0.05) is 44.3 Å². The van der Waals surface area contributed by atoms with E-state index >= 15 is 0 Å². The van der Waals surface area contributed by atoms with Crippen molar-refractivity contribution in [3.05, 3.63) is 28.8 Å². The fourth-order valence-corrected chi connectivity index (χ4v) is 9.92. The molecule has 1 aliphatic carbocycles. The maximum Gasteiger partial charge on any atom is 0.202 e. The topological polar surface area (TPSA) is 320 Å². The Kier molecular flexibility index (Phi) is 15.6. The van der Waals surface area contributed by atoms with Gasteiger partial charge >= 0.3 is 0 Å². The number of fused-ring (bicyclic) bond motifs is 2. The number of carbonyl (C=O) groups is 2. The number of methoxy groups -OCH3 is 1. The number of aliphatic hydroxyl groups is 8. The van der Waals surface area contributed by atoms with E-state index in [2.05, 4.69) is 0 Å². The molecule has 2 aromatic carbocycles. The second kappa shape index (κ2) is 20.3. The van der Waals surface area contributed by atoms with Gasteiger partial charge in [0.25, 0.3) is 0 Å². The van der Waals surface area contributed by atoms with Crippen molar-refractivity contribution in [3.8, 4) is 17.2 Å². The number of carbonyl (C=O) groups excluding carboxylic acids is 2. The summed E-state index contributed by atoms with van der Waals surface area (Å²) >= 11 is 0. The zero-order chi connectivity index (χ0) is 49.1. The van der Waals surface area contributed by atoms with Crippen LogP contribution in [0, 0.1) is 12.8 Å². The maximum atomic E-state index is 14.8. The Hall–Kier alpha value is -3.20. The Bertz CT molecular complexity index is 2090. The van der Waals surface area contributed by atoms with Crippen molar-refractivity contribution in [1.82, 2.24) is 0 Å². The molecule has 0 aromatic heterocycles. The third-order valence-electron chi connectivity index (χ3n) is 13.9. The molecule has 4 fully saturated rings. The number of ether oxygens (including phenoxy) is 9. The molecule has 0 bridgehead atoms. The quantitative estimate of drug-likeness (QED) is 0.125. The third kappa shape index (κ3) is 10.3. The van der Waals surface area contributed by atoms with Crippen LogP contribution in [0.3, 0.4) is 0 Å². The van der Waals surface area contributed by atoms with E-state index in [0.717, 1.165) is 0 Å². The number of Topliss-reactive ketones (excluding diaryl/α,β-unsaturated/α-hetero) is 2. The minimum atomic E-state index is -1.92. The minimum absolute atomic E-state index is 0.0243. The molecule has 4 heterocycles. The van der Waals surface area contributed by atoms with Crippen LogP contribution >= 0.6 is 0 Å². The molecule has 0 radical (unpaired) electrons. The van der Waals surface area contributed by atoms with Crippen LogP contribution in [-0.2, 0) is 49.1 Å². The fourth-order valence-electron chi connectivity index (χ4n) is 9.92. The van der Waals surface area contributed by atoms with Crippen molar-refractivity contribution >= 4 is 22.3 Å². The number of phenolic OH excluding ortho intramolecular Hbond substituents is 2. The van der Waals surface area contributed by atoms with Gasteiger partial charge in [0.05, 0.1) is 65.4 Å². The van der Waals surface area contributed by atoms with E-state index in [0.29, 0.717) is 0 Å². The fraction of sp³-hybridized carbons (Fsp3) is 0.739. The van der Waals surface area contributed by atoms with Crippen molar-refractivity contribution in [2.75, 3.05) is 7.11 Å².